The van der Waals surface area contributed by atoms with Gasteiger partial charge >= 0.3 is 0 Å². The van der Waals surface area contributed by atoms with Crippen molar-refractivity contribution in [3.8, 4) is 44.8 Å². The summed E-state index contributed by atoms with van der Waals surface area (Å²) in [7, 11) is 0. The van der Waals surface area contributed by atoms with Crippen LogP contribution in [0.4, 0.5) is 42.9 Å². The van der Waals surface area contributed by atoms with Gasteiger partial charge in [-0.3, -0.25) is 0 Å². The number of aromatic nitrogens is 2. The minimum atomic E-state index is -0.287. The lowest BCUT2D eigenvalue weighted by molar-refractivity contribution is 0.627. The molecule has 0 aliphatic carbocycles. The van der Waals surface area contributed by atoms with Gasteiger partial charge in [0.1, 0.15) is 11.6 Å². The molecule has 0 fully saturated rings. The number of hydrogen-bond acceptors (Lipinski definition) is 2. The van der Waals surface area contributed by atoms with E-state index in [2.05, 4.69) is 249 Å². The zero-order chi connectivity index (χ0) is 52.1. The van der Waals surface area contributed by atoms with E-state index < -0.39 is 0 Å². The van der Waals surface area contributed by atoms with Crippen LogP contribution < -0.4 is 9.80 Å². The summed E-state index contributed by atoms with van der Waals surface area (Å²) in [5, 5.41) is 4.81. The Bertz CT molecular complexity index is 4160. The van der Waals surface area contributed by atoms with E-state index in [1.54, 1.807) is 0 Å². The van der Waals surface area contributed by atoms with Gasteiger partial charge in [0.05, 0.1) is 22.1 Å². The van der Waals surface area contributed by atoms with Gasteiger partial charge in [0.25, 0.3) is 0 Å². The molecule has 0 N–H and O–H groups in total. The third kappa shape index (κ3) is 8.33. The maximum atomic E-state index is 14.4. The summed E-state index contributed by atoms with van der Waals surface area (Å²) in [6, 6.07) is 99.1. The van der Waals surface area contributed by atoms with Crippen molar-refractivity contribution >= 4 is 77.7 Å². The first-order valence-electron chi connectivity index (χ1n) is 26.2. The van der Waals surface area contributed by atoms with E-state index in [4.69, 9.17) is 0 Å². The van der Waals surface area contributed by atoms with Gasteiger partial charge < -0.3 is 18.9 Å². The molecule has 0 saturated carbocycles. The molecule has 78 heavy (non-hydrogen) atoms. The Morgan fingerprint density at radius 2 is 0.474 bits per heavy atom. The van der Waals surface area contributed by atoms with Crippen LogP contribution in [-0.2, 0) is 0 Å². The van der Waals surface area contributed by atoms with Crippen molar-refractivity contribution in [3.05, 3.63) is 303 Å². The highest BCUT2D eigenvalue weighted by atomic mass is 19.1. The Balaban J connectivity index is 0.748. The highest BCUT2D eigenvalue weighted by Crippen LogP contribution is 2.42. The number of hydrogen-bond donors (Lipinski definition) is 0. The first-order chi connectivity index (χ1) is 38.5. The van der Waals surface area contributed by atoms with E-state index in [1.165, 1.54) is 56.8 Å². The lowest BCUT2D eigenvalue weighted by Crippen LogP contribution is -2.10. The molecule has 0 aliphatic rings. The number of nitrogens with zero attached hydrogens (tertiary/aromatic N) is 4. The summed E-state index contributed by atoms with van der Waals surface area (Å²) >= 11 is 0. The number of para-hydroxylation sites is 4. The van der Waals surface area contributed by atoms with Crippen LogP contribution in [0.15, 0.2) is 291 Å². The first kappa shape index (κ1) is 46.2. The Labute approximate surface area is 450 Å². The number of anilines is 6. The SMILES string of the molecule is Fc1ccc(N(c2ccc(-c3ccc(N(c4ccc(F)cc4)c4ccc(-c5ccc6c(c5)c5ccccc5n6-c5ccccc5)cc4)cc3)cc2)c2ccc(-c3ccc4c(c3)c3ccccc3n4-c3ccccc3)cc2)cc1. The molecule has 6 heteroatoms. The number of benzene rings is 12. The van der Waals surface area contributed by atoms with Crippen LogP contribution in [-0.4, -0.2) is 9.13 Å². The van der Waals surface area contributed by atoms with Crippen molar-refractivity contribution in [3.63, 3.8) is 0 Å². The maximum absolute atomic E-state index is 14.4. The van der Waals surface area contributed by atoms with Crippen LogP contribution in [0, 0.1) is 11.6 Å². The molecule has 0 atom stereocenters. The molecule has 0 aliphatic heterocycles. The maximum Gasteiger partial charge on any atom is 0.123 e. The fourth-order valence-corrected chi connectivity index (χ4v) is 11.3. The van der Waals surface area contributed by atoms with Crippen molar-refractivity contribution in [2.45, 2.75) is 0 Å². The minimum Gasteiger partial charge on any atom is -0.311 e. The van der Waals surface area contributed by atoms with Crippen LogP contribution in [0.25, 0.3) is 88.4 Å². The average molecular weight is 1010 g/mol. The summed E-state index contributed by atoms with van der Waals surface area (Å²) < 4.78 is 33.5. The van der Waals surface area contributed by atoms with E-state index in [1.807, 2.05) is 36.4 Å². The van der Waals surface area contributed by atoms with Gasteiger partial charge in [-0.2, -0.15) is 0 Å². The van der Waals surface area contributed by atoms with Gasteiger partial charge in [-0.05, 0) is 191 Å². The molecule has 0 amide bonds. The predicted octanol–water partition coefficient (Wildman–Crippen LogP) is 20.1. The van der Waals surface area contributed by atoms with Gasteiger partial charge in [-0.25, -0.2) is 8.78 Å². The highest BCUT2D eigenvalue weighted by Gasteiger charge is 2.19. The average Bonchev–Trinajstić information content (AvgIpc) is 4.05. The molecule has 0 radical (unpaired) electrons. The minimum absolute atomic E-state index is 0.287. The van der Waals surface area contributed by atoms with Gasteiger partial charge in [0.2, 0.25) is 0 Å². The second kappa shape index (κ2) is 19.4. The predicted molar refractivity (Wildman–Crippen MR) is 321 cm³/mol. The molecule has 14 aromatic rings. The van der Waals surface area contributed by atoms with Crippen molar-refractivity contribution in [1.29, 1.82) is 0 Å². The van der Waals surface area contributed by atoms with Crippen molar-refractivity contribution in [2.24, 2.45) is 0 Å². The molecule has 2 aromatic heterocycles. The Morgan fingerprint density at radius 1 is 0.218 bits per heavy atom. The monoisotopic (exact) mass is 1010 g/mol. The van der Waals surface area contributed by atoms with Gasteiger partial charge in [-0.1, -0.05) is 133 Å². The fraction of sp³-hybridized carbons (Fsp3) is 0. The molecule has 14 rings (SSSR count). The smallest absolute Gasteiger partial charge is 0.123 e. The number of halogens is 2. The molecule has 370 valence electrons. The summed E-state index contributed by atoms with van der Waals surface area (Å²) in [5.74, 6) is -0.575. The molecular weight excluding hydrogens is 959 g/mol. The van der Waals surface area contributed by atoms with E-state index in [0.717, 1.165) is 89.9 Å². The molecule has 0 spiro atoms. The van der Waals surface area contributed by atoms with E-state index in [-0.39, 0.29) is 11.6 Å². The third-order valence-corrected chi connectivity index (χ3v) is 15.0. The molecule has 0 bridgehead atoms. The van der Waals surface area contributed by atoms with Crippen LogP contribution in [0.5, 0.6) is 0 Å². The lowest BCUT2D eigenvalue weighted by Gasteiger charge is -2.26. The molecule has 2 heterocycles. The molecule has 0 unspecified atom stereocenters. The molecule has 12 aromatic carbocycles. The van der Waals surface area contributed by atoms with Crippen molar-refractivity contribution in [2.75, 3.05) is 9.80 Å². The van der Waals surface area contributed by atoms with Gasteiger partial charge in [-0.15, -0.1) is 0 Å². The highest BCUT2D eigenvalue weighted by molar-refractivity contribution is 6.11. The summed E-state index contributed by atoms with van der Waals surface area (Å²) in [4.78, 5) is 4.31. The van der Waals surface area contributed by atoms with Crippen LogP contribution in [0.2, 0.25) is 0 Å². The third-order valence-electron chi connectivity index (χ3n) is 15.0. The standard InChI is InChI=1S/C72H48F2N4/c73-55-29-41-63(42-30-55)75(61-37-23-51(24-38-61)53-27-45-71-67(47-53)65-15-7-9-17-69(65)77(71)57-11-3-1-4-12-57)59-33-19-49(20-34-59)50-21-35-60(36-22-50)76(64-43-31-56(74)32-44-64)62-39-25-52(26-40-62)54-28-46-72-68(48-54)66-16-8-10-18-70(66)78(72)58-13-5-2-6-14-58/h1-48H. The second-order valence-corrected chi connectivity index (χ2v) is 19.7. The number of fused-ring (bicyclic) bond motifs is 6. The summed E-state index contributed by atoms with van der Waals surface area (Å²) in [5.41, 5.74) is 18.9. The topological polar surface area (TPSA) is 16.3 Å². The second-order valence-electron chi connectivity index (χ2n) is 19.7. The van der Waals surface area contributed by atoms with Crippen LogP contribution >= 0.6 is 0 Å². The van der Waals surface area contributed by atoms with Crippen molar-refractivity contribution < 1.29 is 8.78 Å². The molecular formula is C72H48F2N4. The van der Waals surface area contributed by atoms with E-state index >= 15 is 0 Å². The molecule has 4 nitrogen and oxygen atoms in total. The van der Waals surface area contributed by atoms with Gasteiger partial charge in [0.15, 0.2) is 0 Å². The molecule has 0 saturated heterocycles. The van der Waals surface area contributed by atoms with Gasteiger partial charge in [0, 0.05) is 67.0 Å². The zero-order valence-electron chi connectivity index (χ0n) is 42.3. The number of rotatable bonds is 11. The zero-order valence-corrected chi connectivity index (χ0v) is 42.3. The van der Waals surface area contributed by atoms with Crippen LogP contribution in [0.1, 0.15) is 0 Å². The summed E-state index contributed by atoms with van der Waals surface area (Å²) in [6.45, 7) is 0. The fourth-order valence-electron chi connectivity index (χ4n) is 11.3. The largest absolute Gasteiger partial charge is 0.311 e. The van der Waals surface area contributed by atoms with Crippen molar-refractivity contribution in [1.82, 2.24) is 9.13 Å². The lowest BCUT2D eigenvalue weighted by atomic mass is 10.0. The Morgan fingerprint density at radius 3 is 0.808 bits per heavy atom. The quantitative estimate of drug-likeness (QED) is 0.128. The van der Waals surface area contributed by atoms with E-state index in [0.29, 0.717) is 0 Å². The Hall–Kier alpha value is -10.3. The van der Waals surface area contributed by atoms with Crippen LogP contribution in [0.3, 0.4) is 0 Å². The Kier molecular flexibility index (Phi) is 11.5. The first-order valence-corrected chi connectivity index (χ1v) is 26.2. The normalized spacial score (nSPS) is 11.5. The summed E-state index contributed by atoms with van der Waals surface area (Å²) in [6.07, 6.45) is 0. The van der Waals surface area contributed by atoms with E-state index in [9.17, 15) is 8.78 Å².